The summed E-state index contributed by atoms with van der Waals surface area (Å²) in [5, 5.41) is 0. The maximum absolute atomic E-state index is 13.0. The molecular weight excluding hydrogens is 303 g/mol. The monoisotopic (exact) mass is 322 g/mol. The van der Waals surface area contributed by atoms with Gasteiger partial charge in [-0.3, -0.25) is 4.79 Å². The molecule has 0 fully saturated rings. The van der Waals surface area contributed by atoms with Gasteiger partial charge >= 0.3 is 12.1 Å². The summed E-state index contributed by atoms with van der Waals surface area (Å²) in [5.41, 5.74) is 0.195. The Bertz CT molecular complexity index is 476. The molecule has 1 aromatic carbocycles. The number of Topliss-reactive ketones (excluding diaryl/α,β-unsaturated/α-hetero) is 1. The highest BCUT2D eigenvalue weighted by Crippen LogP contribution is 2.37. The van der Waals surface area contributed by atoms with Gasteiger partial charge in [-0.2, -0.15) is 22.0 Å². The lowest BCUT2D eigenvalue weighted by atomic mass is 10.0. The van der Waals surface area contributed by atoms with Crippen molar-refractivity contribution < 1.29 is 26.7 Å². The Morgan fingerprint density at radius 3 is 1.95 bits per heavy atom. The van der Waals surface area contributed by atoms with Gasteiger partial charge in [-0.1, -0.05) is 56.9 Å². The fourth-order valence-electron chi connectivity index (χ4n) is 2.07. The van der Waals surface area contributed by atoms with Gasteiger partial charge < -0.3 is 0 Å². The third-order valence-electron chi connectivity index (χ3n) is 3.43. The predicted octanol–water partition coefficient (Wildman–Crippen LogP) is 5.58. The summed E-state index contributed by atoms with van der Waals surface area (Å²) in [6.45, 7) is 2.10. The quantitative estimate of drug-likeness (QED) is 0.347. The molecule has 0 radical (unpaired) electrons. The minimum absolute atomic E-state index is 0.628. The van der Waals surface area contributed by atoms with Crippen molar-refractivity contribution in [2.75, 3.05) is 0 Å². The number of rotatable bonds is 8. The molecule has 0 atom stereocenters. The number of carbonyl (C=O) groups excluding carboxylic acids is 1. The second kappa shape index (κ2) is 7.70. The van der Waals surface area contributed by atoms with Crippen molar-refractivity contribution in [3.63, 3.8) is 0 Å². The topological polar surface area (TPSA) is 17.1 Å². The number of ketones is 1. The molecule has 0 aliphatic heterocycles. The third kappa shape index (κ3) is 4.78. The van der Waals surface area contributed by atoms with Gasteiger partial charge in [0.1, 0.15) is 0 Å². The van der Waals surface area contributed by atoms with E-state index in [1.807, 2.05) is 0 Å². The molecule has 0 heterocycles. The van der Waals surface area contributed by atoms with Crippen molar-refractivity contribution in [1.29, 1.82) is 0 Å². The zero-order chi connectivity index (χ0) is 16.8. The van der Waals surface area contributed by atoms with E-state index in [0.717, 1.165) is 49.8 Å². The Labute approximate surface area is 126 Å². The maximum atomic E-state index is 13.0. The zero-order valence-corrected chi connectivity index (χ0v) is 12.4. The Morgan fingerprint density at radius 1 is 0.909 bits per heavy atom. The highest BCUT2D eigenvalue weighted by Gasteiger charge is 2.63. The predicted molar refractivity (Wildman–Crippen MR) is 74.2 cm³/mol. The Balaban J connectivity index is 2.63. The van der Waals surface area contributed by atoms with Gasteiger partial charge in [-0.25, -0.2) is 0 Å². The lowest BCUT2D eigenvalue weighted by molar-refractivity contribution is -0.255. The minimum Gasteiger partial charge on any atom is -0.287 e. The Morgan fingerprint density at radius 2 is 1.45 bits per heavy atom. The van der Waals surface area contributed by atoms with E-state index >= 15 is 0 Å². The molecule has 0 bridgehead atoms. The maximum Gasteiger partial charge on any atom is 0.461 e. The van der Waals surface area contributed by atoms with Crippen molar-refractivity contribution >= 4 is 5.78 Å². The molecule has 0 unspecified atom stereocenters. The number of benzene rings is 1. The summed E-state index contributed by atoms with van der Waals surface area (Å²) in [7, 11) is 0. The smallest absolute Gasteiger partial charge is 0.287 e. The number of hydrogen-bond donors (Lipinski definition) is 0. The normalized spacial score (nSPS) is 12.5. The van der Waals surface area contributed by atoms with Gasteiger partial charge in [0.05, 0.1) is 0 Å². The highest BCUT2D eigenvalue weighted by molar-refractivity contribution is 6.01. The first-order valence-corrected chi connectivity index (χ1v) is 7.28. The fourth-order valence-corrected chi connectivity index (χ4v) is 2.07. The van der Waals surface area contributed by atoms with E-state index in [1.165, 1.54) is 12.1 Å². The van der Waals surface area contributed by atoms with Gasteiger partial charge in [0.2, 0.25) is 5.78 Å². The lowest BCUT2D eigenvalue weighted by Crippen LogP contribution is -2.44. The van der Waals surface area contributed by atoms with Gasteiger partial charge in [-0.15, -0.1) is 0 Å². The Kier molecular flexibility index (Phi) is 6.50. The molecule has 1 nitrogen and oxygen atoms in total. The average molecular weight is 322 g/mol. The van der Waals surface area contributed by atoms with Crippen LogP contribution in [0.5, 0.6) is 0 Å². The fraction of sp³-hybridized carbons (Fsp3) is 0.562. The van der Waals surface area contributed by atoms with Crippen LogP contribution in [-0.4, -0.2) is 17.9 Å². The van der Waals surface area contributed by atoms with Crippen molar-refractivity contribution in [3.05, 3.63) is 35.4 Å². The second-order valence-corrected chi connectivity index (χ2v) is 5.26. The van der Waals surface area contributed by atoms with Crippen molar-refractivity contribution in [2.45, 2.75) is 57.5 Å². The van der Waals surface area contributed by atoms with Crippen LogP contribution in [0.4, 0.5) is 22.0 Å². The van der Waals surface area contributed by atoms with Crippen LogP contribution < -0.4 is 0 Å². The second-order valence-electron chi connectivity index (χ2n) is 5.26. The number of carbonyl (C=O) groups is 1. The number of alkyl halides is 5. The van der Waals surface area contributed by atoms with Crippen LogP contribution in [0.2, 0.25) is 0 Å². The molecule has 124 valence electrons. The van der Waals surface area contributed by atoms with Crippen molar-refractivity contribution in [1.82, 2.24) is 0 Å². The summed E-state index contributed by atoms with van der Waals surface area (Å²) < 4.78 is 62.4. The van der Waals surface area contributed by atoms with Crippen LogP contribution in [0.25, 0.3) is 0 Å². The first kappa shape index (κ1) is 18.6. The van der Waals surface area contributed by atoms with Gasteiger partial charge in [0.25, 0.3) is 0 Å². The summed E-state index contributed by atoms with van der Waals surface area (Å²) in [5.74, 6) is -7.57. The molecule has 0 spiro atoms. The summed E-state index contributed by atoms with van der Waals surface area (Å²) in [6, 6.07) is 4.92. The first-order valence-electron chi connectivity index (χ1n) is 7.28. The van der Waals surface area contributed by atoms with Gasteiger partial charge in [0, 0.05) is 5.56 Å². The van der Waals surface area contributed by atoms with Crippen LogP contribution in [0.1, 0.15) is 54.9 Å². The molecule has 0 amide bonds. The molecule has 22 heavy (non-hydrogen) atoms. The summed E-state index contributed by atoms with van der Waals surface area (Å²) in [6.07, 6.45) is 0.206. The van der Waals surface area contributed by atoms with Crippen LogP contribution in [0, 0.1) is 0 Å². The molecule has 0 aromatic heterocycles. The number of hydrogen-bond acceptors (Lipinski definition) is 1. The highest BCUT2D eigenvalue weighted by atomic mass is 19.4. The van der Waals surface area contributed by atoms with Crippen LogP contribution in [-0.2, 0) is 6.42 Å². The standard InChI is InChI=1S/C16H19F5O/c1-2-3-4-5-6-7-12-8-10-13(11-9-12)14(22)15(17,18)16(19,20)21/h8-11H,2-7H2,1H3. The van der Waals surface area contributed by atoms with E-state index in [-0.39, 0.29) is 0 Å². The first-order chi connectivity index (χ1) is 10.2. The zero-order valence-electron chi connectivity index (χ0n) is 12.4. The SMILES string of the molecule is CCCCCCCc1ccc(C(=O)C(F)(F)C(F)(F)F)cc1. The van der Waals surface area contributed by atoms with E-state index in [4.69, 9.17) is 0 Å². The molecule has 6 heteroatoms. The van der Waals surface area contributed by atoms with E-state index in [2.05, 4.69) is 6.92 Å². The van der Waals surface area contributed by atoms with E-state index in [1.54, 1.807) is 0 Å². The number of aryl methyl sites for hydroxylation is 1. The van der Waals surface area contributed by atoms with Gasteiger partial charge in [0.15, 0.2) is 0 Å². The molecular formula is C16H19F5O. The molecule has 0 N–H and O–H groups in total. The minimum atomic E-state index is -5.87. The van der Waals surface area contributed by atoms with Crippen molar-refractivity contribution in [3.8, 4) is 0 Å². The molecule has 0 aliphatic rings. The van der Waals surface area contributed by atoms with E-state index in [9.17, 15) is 26.7 Å². The average Bonchev–Trinajstić information content (AvgIpc) is 2.46. The van der Waals surface area contributed by atoms with E-state index < -0.39 is 23.4 Å². The molecule has 0 saturated carbocycles. The molecule has 1 aromatic rings. The lowest BCUT2D eigenvalue weighted by Gasteiger charge is -2.18. The largest absolute Gasteiger partial charge is 0.461 e. The number of halogens is 5. The van der Waals surface area contributed by atoms with Crippen molar-refractivity contribution in [2.24, 2.45) is 0 Å². The summed E-state index contributed by atoms with van der Waals surface area (Å²) >= 11 is 0. The number of unbranched alkanes of at least 4 members (excludes halogenated alkanes) is 4. The van der Waals surface area contributed by atoms with E-state index in [0.29, 0.717) is 6.42 Å². The Hall–Kier alpha value is -1.46. The molecule has 0 saturated heterocycles. The summed E-state index contributed by atoms with van der Waals surface area (Å²) in [4.78, 5) is 11.3. The van der Waals surface area contributed by atoms with Crippen LogP contribution in [0.3, 0.4) is 0 Å². The van der Waals surface area contributed by atoms with Crippen LogP contribution >= 0.6 is 0 Å². The molecule has 0 aliphatic carbocycles. The third-order valence-corrected chi connectivity index (χ3v) is 3.43. The van der Waals surface area contributed by atoms with Crippen LogP contribution in [0.15, 0.2) is 24.3 Å². The van der Waals surface area contributed by atoms with Gasteiger partial charge in [-0.05, 0) is 18.4 Å². The molecule has 1 rings (SSSR count).